The van der Waals surface area contributed by atoms with E-state index in [2.05, 4.69) is 15.4 Å². The Morgan fingerprint density at radius 1 is 1.17 bits per heavy atom. The predicted octanol–water partition coefficient (Wildman–Crippen LogP) is 3.34. The zero-order valence-corrected chi connectivity index (χ0v) is 16.1. The van der Waals surface area contributed by atoms with Crippen LogP contribution in [0.5, 0.6) is 0 Å². The molecule has 29 heavy (non-hydrogen) atoms. The molecular formula is C20H15N5O3S. The number of oxazole rings is 1. The van der Waals surface area contributed by atoms with E-state index < -0.39 is 5.76 Å². The molecule has 0 fully saturated rings. The van der Waals surface area contributed by atoms with Crippen LogP contribution in [0, 0.1) is 6.92 Å². The van der Waals surface area contributed by atoms with E-state index in [1.165, 1.54) is 15.9 Å². The highest BCUT2D eigenvalue weighted by Gasteiger charge is 2.17. The van der Waals surface area contributed by atoms with Gasteiger partial charge < -0.3 is 9.73 Å². The van der Waals surface area contributed by atoms with Gasteiger partial charge in [-0.1, -0.05) is 35.6 Å². The first-order valence-corrected chi connectivity index (χ1v) is 9.71. The van der Waals surface area contributed by atoms with E-state index in [1.54, 1.807) is 35.0 Å². The molecule has 0 aliphatic heterocycles. The summed E-state index contributed by atoms with van der Waals surface area (Å²) in [4.78, 5) is 29.4. The van der Waals surface area contributed by atoms with Gasteiger partial charge >= 0.3 is 5.76 Å². The Hall–Kier alpha value is -3.72. The van der Waals surface area contributed by atoms with Crippen molar-refractivity contribution < 1.29 is 9.21 Å². The highest BCUT2D eigenvalue weighted by molar-refractivity contribution is 7.20. The van der Waals surface area contributed by atoms with Gasteiger partial charge in [-0.2, -0.15) is 9.78 Å². The number of anilines is 1. The quantitative estimate of drug-likeness (QED) is 0.495. The van der Waals surface area contributed by atoms with E-state index in [4.69, 9.17) is 4.42 Å². The van der Waals surface area contributed by atoms with E-state index in [0.29, 0.717) is 22.0 Å². The van der Waals surface area contributed by atoms with Crippen LogP contribution in [0.1, 0.15) is 5.69 Å². The fraction of sp³-hybridized carbons (Fsp3) is 0.100. The van der Waals surface area contributed by atoms with Crippen LogP contribution in [0.4, 0.5) is 5.82 Å². The van der Waals surface area contributed by atoms with Gasteiger partial charge in [0, 0.05) is 6.07 Å². The first-order chi connectivity index (χ1) is 14.1. The molecule has 3 heterocycles. The van der Waals surface area contributed by atoms with Crippen LogP contribution in [0.3, 0.4) is 0 Å². The lowest BCUT2D eigenvalue weighted by Crippen LogP contribution is -2.25. The third-order valence-corrected chi connectivity index (χ3v) is 5.45. The van der Waals surface area contributed by atoms with Crippen LogP contribution >= 0.6 is 11.3 Å². The molecule has 0 spiro atoms. The van der Waals surface area contributed by atoms with Crippen molar-refractivity contribution in [1.29, 1.82) is 0 Å². The second-order valence-electron chi connectivity index (χ2n) is 6.52. The number of nitrogens with zero attached hydrogens (tertiary/aromatic N) is 4. The van der Waals surface area contributed by atoms with Crippen molar-refractivity contribution in [3.8, 4) is 5.13 Å². The third-order valence-electron chi connectivity index (χ3n) is 4.44. The van der Waals surface area contributed by atoms with Gasteiger partial charge in [0.2, 0.25) is 11.0 Å². The Morgan fingerprint density at radius 3 is 2.83 bits per heavy atom. The monoisotopic (exact) mass is 405 g/mol. The summed E-state index contributed by atoms with van der Waals surface area (Å²) in [6.45, 7) is 1.67. The molecule has 0 atom stereocenters. The van der Waals surface area contributed by atoms with E-state index in [-0.39, 0.29) is 12.5 Å². The summed E-state index contributed by atoms with van der Waals surface area (Å²) in [5, 5.41) is 7.94. The summed E-state index contributed by atoms with van der Waals surface area (Å²) in [5.74, 6) is -0.439. The molecular weight excluding hydrogens is 390 g/mol. The summed E-state index contributed by atoms with van der Waals surface area (Å²) in [6.07, 6.45) is 0. The smallest absolute Gasteiger partial charge is 0.408 e. The van der Waals surface area contributed by atoms with E-state index in [0.717, 1.165) is 15.9 Å². The van der Waals surface area contributed by atoms with Crippen molar-refractivity contribution in [2.75, 3.05) is 5.32 Å². The molecule has 0 unspecified atom stereocenters. The number of aromatic nitrogens is 4. The standard InChI is InChI=1S/C20H15N5O3S/c1-12-10-17(25(23-12)19-21-13-6-2-5-9-16(13)29-19)22-18(26)11-24-14-7-3-4-8-15(14)28-20(24)27/h2-10H,11H2,1H3,(H,22,26). The van der Waals surface area contributed by atoms with Crippen LogP contribution in [0.15, 0.2) is 63.8 Å². The van der Waals surface area contributed by atoms with Crippen molar-refractivity contribution in [3.05, 3.63) is 70.8 Å². The number of fused-ring (bicyclic) bond motifs is 2. The SMILES string of the molecule is Cc1cc(NC(=O)Cn2c(=O)oc3ccccc32)n(-c2nc3ccccc3s2)n1. The molecule has 0 radical (unpaired) electrons. The number of aryl methyl sites for hydroxylation is 1. The number of carbonyl (C=O) groups is 1. The van der Waals surface area contributed by atoms with Gasteiger partial charge in [0.25, 0.3) is 0 Å². The Bertz CT molecular complexity index is 1390. The highest BCUT2D eigenvalue weighted by atomic mass is 32.1. The second-order valence-corrected chi connectivity index (χ2v) is 7.53. The van der Waals surface area contributed by atoms with Crippen molar-refractivity contribution in [1.82, 2.24) is 19.3 Å². The Balaban J connectivity index is 1.45. The maximum absolute atomic E-state index is 12.7. The number of amides is 1. The van der Waals surface area contributed by atoms with E-state index in [9.17, 15) is 9.59 Å². The van der Waals surface area contributed by atoms with Crippen LogP contribution in [0.25, 0.3) is 26.4 Å². The maximum Gasteiger partial charge on any atom is 0.420 e. The fourth-order valence-corrected chi connectivity index (χ4v) is 4.11. The summed E-state index contributed by atoms with van der Waals surface area (Å²) in [7, 11) is 0. The molecule has 3 aromatic heterocycles. The fourth-order valence-electron chi connectivity index (χ4n) is 3.17. The largest absolute Gasteiger partial charge is 0.420 e. The molecule has 1 amide bonds. The summed E-state index contributed by atoms with van der Waals surface area (Å²) >= 11 is 1.48. The van der Waals surface area contributed by atoms with Gasteiger partial charge in [0.05, 0.1) is 21.4 Å². The Kier molecular flexibility index (Phi) is 4.02. The predicted molar refractivity (Wildman–Crippen MR) is 111 cm³/mol. The molecule has 1 N–H and O–H groups in total. The molecule has 8 nitrogen and oxygen atoms in total. The molecule has 2 aromatic carbocycles. The number of carbonyl (C=O) groups excluding carboxylic acids is 1. The minimum absolute atomic E-state index is 0.167. The van der Waals surface area contributed by atoms with Gasteiger partial charge in [0.1, 0.15) is 12.4 Å². The zero-order valence-electron chi connectivity index (χ0n) is 15.3. The lowest BCUT2D eigenvalue weighted by atomic mass is 10.3. The third kappa shape index (κ3) is 3.11. The molecule has 5 rings (SSSR count). The number of rotatable bonds is 4. The number of para-hydroxylation sites is 3. The molecule has 5 aromatic rings. The normalized spacial score (nSPS) is 11.3. The number of nitrogens with one attached hydrogen (secondary N) is 1. The lowest BCUT2D eigenvalue weighted by Gasteiger charge is -2.07. The molecule has 0 saturated carbocycles. The summed E-state index contributed by atoms with van der Waals surface area (Å²) < 4.78 is 9.12. The molecule has 9 heteroatoms. The highest BCUT2D eigenvalue weighted by Crippen LogP contribution is 2.27. The average molecular weight is 405 g/mol. The van der Waals surface area contributed by atoms with Crippen molar-refractivity contribution >= 4 is 44.4 Å². The lowest BCUT2D eigenvalue weighted by molar-refractivity contribution is -0.116. The van der Waals surface area contributed by atoms with Crippen LogP contribution in [-0.2, 0) is 11.3 Å². The second kappa shape index (κ2) is 6.71. The molecule has 0 aliphatic carbocycles. The minimum Gasteiger partial charge on any atom is -0.408 e. The zero-order chi connectivity index (χ0) is 20.0. The van der Waals surface area contributed by atoms with Crippen molar-refractivity contribution in [2.45, 2.75) is 13.5 Å². The molecule has 0 bridgehead atoms. The van der Waals surface area contributed by atoms with Crippen molar-refractivity contribution in [3.63, 3.8) is 0 Å². The molecule has 0 aliphatic rings. The van der Waals surface area contributed by atoms with E-state index >= 15 is 0 Å². The van der Waals surface area contributed by atoms with Crippen LogP contribution in [0.2, 0.25) is 0 Å². The summed E-state index contributed by atoms with van der Waals surface area (Å²) in [5.41, 5.74) is 2.63. The Labute approximate surface area is 168 Å². The van der Waals surface area contributed by atoms with Gasteiger partial charge in [-0.3, -0.25) is 9.36 Å². The maximum atomic E-state index is 12.7. The van der Waals surface area contributed by atoms with Gasteiger partial charge in [0.15, 0.2) is 5.58 Å². The first-order valence-electron chi connectivity index (χ1n) is 8.89. The Morgan fingerprint density at radius 2 is 1.97 bits per heavy atom. The molecule has 144 valence electrons. The van der Waals surface area contributed by atoms with Gasteiger partial charge in [-0.05, 0) is 31.2 Å². The molecule has 0 saturated heterocycles. The topological polar surface area (TPSA) is 95.0 Å². The number of hydrogen-bond acceptors (Lipinski definition) is 6. The van der Waals surface area contributed by atoms with Crippen LogP contribution in [-0.4, -0.2) is 25.2 Å². The van der Waals surface area contributed by atoms with Crippen LogP contribution < -0.4 is 11.1 Å². The minimum atomic E-state index is -0.572. The van der Waals surface area contributed by atoms with Crippen molar-refractivity contribution in [2.24, 2.45) is 0 Å². The van der Waals surface area contributed by atoms with Gasteiger partial charge in [-0.25, -0.2) is 9.78 Å². The summed E-state index contributed by atoms with van der Waals surface area (Å²) in [6, 6.07) is 16.6. The average Bonchev–Trinajstić information content (AvgIpc) is 3.37. The van der Waals surface area contributed by atoms with Gasteiger partial charge in [-0.15, -0.1) is 0 Å². The number of thiazole rings is 1. The van der Waals surface area contributed by atoms with E-state index in [1.807, 2.05) is 31.2 Å². The number of hydrogen-bond donors (Lipinski definition) is 1. The number of benzene rings is 2. The first kappa shape index (κ1) is 17.4.